The molecular weight excluding hydrogens is 378 g/mol. The normalized spacial score (nSPS) is 33.3. The largest absolute Gasteiger partial charge is 0.373 e. The molecule has 3 aliphatic heterocycles. The van der Waals surface area contributed by atoms with Crippen molar-refractivity contribution >= 4 is 15.9 Å². The van der Waals surface area contributed by atoms with Crippen LogP contribution < -0.4 is 0 Å². The van der Waals surface area contributed by atoms with Crippen LogP contribution >= 0.6 is 0 Å². The van der Waals surface area contributed by atoms with Gasteiger partial charge in [-0.3, -0.25) is 9.69 Å². The van der Waals surface area contributed by atoms with Crippen LogP contribution in [0.4, 0.5) is 0 Å². The number of sulfonamides is 1. The van der Waals surface area contributed by atoms with Crippen molar-refractivity contribution in [3.8, 4) is 0 Å². The summed E-state index contributed by atoms with van der Waals surface area (Å²) >= 11 is 0. The van der Waals surface area contributed by atoms with Gasteiger partial charge < -0.3 is 9.64 Å². The lowest BCUT2D eigenvalue weighted by Crippen LogP contribution is -2.51. The van der Waals surface area contributed by atoms with Crippen LogP contribution in [0.15, 0.2) is 0 Å². The van der Waals surface area contributed by atoms with Gasteiger partial charge in [0.2, 0.25) is 15.9 Å². The fraction of sp³-hybridized carbons (Fsp3) is 0.950. The summed E-state index contributed by atoms with van der Waals surface area (Å²) in [6, 6.07) is 0.140. The van der Waals surface area contributed by atoms with Gasteiger partial charge >= 0.3 is 0 Å². The Labute approximate surface area is 170 Å². The first-order valence-corrected chi connectivity index (χ1v) is 12.5. The Morgan fingerprint density at radius 2 is 1.68 bits per heavy atom. The van der Waals surface area contributed by atoms with Crippen molar-refractivity contribution in [3.63, 3.8) is 0 Å². The maximum absolute atomic E-state index is 13.1. The molecule has 0 aromatic carbocycles. The fourth-order valence-corrected chi connectivity index (χ4v) is 7.04. The molecule has 0 aromatic rings. The van der Waals surface area contributed by atoms with Crippen LogP contribution in [0.1, 0.15) is 59.3 Å². The molecule has 0 radical (unpaired) electrons. The summed E-state index contributed by atoms with van der Waals surface area (Å²) in [6.07, 6.45) is 5.82. The average molecular weight is 416 g/mol. The van der Waals surface area contributed by atoms with E-state index in [0.717, 1.165) is 58.3 Å². The number of nitrogens with zero attached hydrogens (tertiary/aromatic N) is 3. The zero-order chi connectivity index (χ0) is 20.3. The minimum absolute atomic E-state index is 0.0664. The smallest absolute Gasteiger partial charge is 0.219 e. The molecule has 7 nitrogen and oxygen atoms in total. The summed E-state index contributed by atoms with van der Waals surface area (Å²) in [6.45, 7) is 9.67. The standard InChI is InChI=1S/C20H37N3O4S/c1-16-13-21(14-17(2)27-16)15-20-8-6-11-23(20)28(25,26)12-9-19-7-4-5-10-22(19)18(3)24/h16-17,19-20H,4-15H2,1-3H3/t16-,17-,19-,20-/m1/s1. The van der Waals surface area contributed by atoms with E-state index < -0.39 is 10.0 Å². The number of carbonyl (C=O) groups excluding carboxylic acids is 1. The monoisotopic (exact) mass is 415 g/mol. The summed E-state index contributed by atoms with van der Waals surface area (Å²) in [7, 11) is -3.30. The fourth-order valence-electron chi connectivity index (χ4n) is 5.21. The molecule has 0 bridgehead atoms. The third-order valence-electron chi connectivity index (χ3n) is 6.39. The second-order valence-corrected chi connectivity index (χ2v) is 10.9. The third kappa shape index (κ3) is 5.46. The number of likely N-dealkylation sites (tertiary alicyclic amines) is 1. The number of hydrogen-bond acceptors (Lipinski definition) is 5. The van der Waals surface area contributed by atoms with Crippen LogP contribution in [0.25, 0.3) is 0 Å². The quantitative estimate of drug-likeness (QED) is 0.660. The molecule has 28 heavy (non-hydrogen) atoms. The maximum Gasteiger partial charge on any atom is 0.219 e. The summed E-state index contributed by atoms with van der Waals surface area (Å²) < 4.78 is 33.8. The van der Waals surface area contributed by atoms with Crippen molar-refractivity contribution < 1.29 is 17.9 Å². The molecule has 162 valence electrons. The molecule has 0 N–H and O–H groups in total. The molecule has 0 saturated carbocycles. The van der Waals surface area contributed by atoms with Gasteiger partial charge in [0.05, 0.1) is 18.0 Å². The molecule has 0 aromatic heterocycles. The van der Waals surface area contributed by atoms with E-state index in [1.165, 1.54) is 0 Å². The van der Waals surface area contributed by atoms with E-state index in [4.69, 9.17) is 4.74 Å². The van der Waals surface area contributed by atoms with E-state index in [1.54, 1.807) is 11.2 Å². The van der Waals surface area contributed by atoms with E-state index in [0.29, 0.717) is 13.0 Å². The molecule has 3 fully saturated rings. The molecule has 3 aliphatic rings. The molecule has 3 rings (SSSR count). The Kier molecular flexibility index (Phi) is 7.39. The lowest BCUT2D eigenvalue weighted by atomic mass is 10.00. The first-order chi connectivity index (χ1) is 13.3. The van der Waals surface area contributed by atoms with Crippen LogP contribution in [0.3, 0.4) is 0 Å². The summed E-state index contributed by atoms with van der Waals surface area (Å²) in [4.78, 5) is 16.1. The minimum atomic E-state index is -3.30. The Morgan fingerprint density at radius 1 is 1.00 bits per heavy atom. The minimum Gasteiger partial charge on any atom is -0.373 e. The molecule has 3 heterocycles. The number of carbonyl (C=O) groups is 1. The van der Waals surface area contributed by atoms with E-state index in [1.807, 2.05) is 4.90 Å². The predicted octanol–water partition coefficient (Wildman–Crippen LogP) is 1.68. The van der Waals surface area contributed by atoms with Crippen molar-refractivity contribution in [3.05, 3.63) is 0 Å². The number of piperidine rings is 1. The molecule has 0 spiro atoms. The Bertz CT molecular complexity index is 631. The van der Waals surface area contributed by atoms with Crippen molar-refractivity contribution in [2.75, 3.05) is 38.5 Å². The zero-order valence-electron chi connectivity index (χ0n) is 17.7. The first-order valence-electron chi connectivity index (χ1n) is 10.9. The number of ether oxygens (including phenoxy) is 1. The SMILES string of the molecule is CC(=O)N1CCCC[C@@H]1CCS(=O)(=O)N1CCC[C@@H]1CN1C[C@@H](C)O[C@H](C)C1. The Balaban J connectivity index is 1.58. The van der Waals surface area contributed by atoms with Gasteiger partial charge in [0.15, 0.2) is 0 Å². The highest BCUT2D eigenvalue weighted by Gasteiger charge is 2.37. The van der Waals surface area contributed by atoms with Gasteiger partial charge in [-0.1, -0.05) is 0 Å². The van der Waals surface area contributed by atoms with Gasteiger partial charge in [-0.05, 0) is 52.4 Å². The van der Waals surface area contributed by atoms with Gasteiger partial charge in [0.1, 0.15) is 0 Å². The van der Waals surface area contributed by atoms with Gasteiger partial charge in [0, 0.05) is 51.7 Å². The molecule has 4 atom stereocenters. The molecule has 8 heteroatoms. The summed E-state index contributed by atoms with van der Waals surface area (Å²) in [5, 5.41) is 0. The zero-order valence-corrected chi connectivity index (χ0v) is 18.5. The predicted molar refractivity (Wildman–Crippen MR) is 110 cm³/mol. The van der Waals surface area contributed by atoms with Crippen molar-refractivity contribution in [1.82, 2.24) is 14.1 Å². The van der Waals surface area contributed by atoms with Gasteiger partial charge in [-0.25, -0.2) is 8.42 Å². The lowest BCUT2D eigenvalue weighted by Gasteiger charge is -2.38. The first kappa shape index (κ1) is 22.0. The highest BCUT2D eigenvalue weighted by molar-refractivity contribution is 7.89. The Morgan fingerprint density at radius 3 is 2.36 bits per heavy atom. The maximum atomic E-state index is 13.1. The number of rotatable bonds is 6. The molecule has 1 amide bonds. The molecular formula is C20H37N3O4S. The lowest BCUT2D eigenvalue weighted by molar-refractivity contribution is -0.132. The topological polar surface area (TPSA) is 70.2 Å². The van der Waals surface area contributed by atoms with E-state index in [9.17, 15) is 13.2 Å². The summed E-state index contributed by atoms with van der Waals surface area (Å²) in [5.74, 6) is 0.213. The number of morpholine rings is 1. The number of amides is 1. The second kappa shape index (κ2) is 9.41. The van der Waals surface area contributed by atoms with Crippen LogP contribution in [0.2, 0.25) is 0 Å². The summed E-state index contributed by atoms with van der Waals surface area (Å²) in [5.41, 5.74) is 0. The second-order valence-electron chi connectivity index (χ2n) is 8.85. The van der Waals surface area contributed by atoms with E-state index in [-0.39, 0.29) is 36.0 Å². The van der Waals surface area contributed by atoms with E-state index >= 15 is 0 Å². The van der Waals surface area contributed by atoms with Crippen LogP contribution in [0.5, 0.6) is 0 Å². The van der Waals surface area contributed by atoms with Gasteiger partial charge in [-0.15, -0.1) is 0 Å². The molecule has 3 saturated heterocycles. The number of hydrogen-bond donors (Lipinski definition) is 0. The van der Waals surface area contributed by atoms with Crippen LogP contribution in [0, 0.1) is 0 Å². The van der Waals surface area contributed by atoms with Crippen molar-refractivity contribution in [1.29, 1.82) is 0 Å². The van der Waals surface area contributed by atoms with Gasteiger partial charge in [-0.2, -0.15) is 4.31 Å². The van der Waals surface area contributed by atoms with Gasteiger partial charge in [0.25, 0.3) is 0 Å². The van der Waals surface area contributed by atoms with Crippen molar-refractivity contribution in [2.24, 2.45) is 0 Å². The molecule has 0 aliphatic carbocycles. The highest BCUT2D eigenvalue weighted by atomic mass is 32.2. The Hall–Kier alpha value is -0.700. The van der Waals surface area contributed by atoms with Crippen molar-refractivity contribution in [2.45, 2.75) is 83.6 Å². The van der Waals surface area contributed by atoms with Crippen LogP contribution in [-0.2, 0) is 19.6 Å². The van der Waals surface area contributed by atoms with Crippen LogP contribution in [-0.4, -0.2) is 91.2 Å². The van der Waals surface area contributed by atoms with E-state index in [2.05, 4.69) is 18.7 Å². The third-order valence-corrected chi connectivity index (χ3v) is 8.33. The highest BCUT2D eigenvalue weighted by Crippen LogP contribution is 2.26. The molecule has 0 unspecified atom stereocenters. The average Bonchev–Trinajstić information content (AvgIpc) is 3.08.